The zero-order chi connectivity index (χ0) is 12.8. The van der Waals surface area contributed by atoms with Gasteiger partial charge in [-0.05, 0) is 13.1 Å². The Kier molecular flexibility index (Phi) is 4.35. The Morgan fingerprint density at radius 1 is 1.29 bits per heavy atom. The van der Waals surface area contributed by atoms with Gasteiger partial charge in [0.2, 0.25) is 0 Å². The maximum atomic E-state index is 10.7. The Morgan fingerprint density at radius 2 is 2.00 bits per heavy atom. The van der Waals surface area contributed by atoms with Crippen molar-refractivity contribution in [2.75, 3.05) is 20.2 Å². The summed E-state index contributed by atoms with van der Waals surface area (Å²) in [7, 11) is 1.72. The molecule has 0 amide bonds. The first kappa shape index (κ1) is 12.8. The summed E-state index contributed by atoms with van der Waals surface area (Å²) in [6.07, 6.45) is 0. The third-order valence-corrected chi connectivity index (χ3v) is 1.96. The van der Waals surface area contributed by atoms with Gasteiger partial charge in [0.25, 0.3) is 5.69 Å². The number of hydrogen-bond donors (Lipinski definition) is 1. The summed E-state index contributed by atoms with van der Waals surface area (Å²) in [4.78, 5) is 19.8. The predicted octanol–water partition coefficient (Wildman–Crippen LogP) is 1.10. The summed E-state index contributed by atoms with van der Waals surface area (Å²) >= 11 is 0. The Balaban J connectivity index is 2.96. The maximum Gasteiger partial charge on any atom is 0.317 e. The van der Waals surface area contributed by atoms with E-state index in [-0.39, 0.29) is 18.0 Å². The van der Waals surface area contributed by atoms with E-state index in [4.69, 9.17) is 4.74 Å². The van der Waals surface area contributed by atoms with E-state index in [1.165, 1.54) is 12.1 Å². The Labute approximate surface area is 96.5 Å². The highest BCUT2D eigenvalue weighted by Crippen LogP contribution is 2.30. The molecule has 0 bridgehead atoms. The number of nitro groups is 2. The molecule has 0 aliphatic rings. The summed E-state index contributed by atoms with van der Waals surface area (Å²) in [5, 5.41) is 24.0. The van der Waals surface area contributed by atoms with Crippen LogP contribution >= 0.6 is 0 Å². The smallest absolute Gasteiger partial charge is 0.317 e. The fourth-order valence-corrected chi connectivity index (χ4v) is 1.15. The molecule has 1 aromatic rings. The average Bonchev–Trinajstić information content (AvgIpc) is 2.29. The Bertz CT molecular complexity index is 435. The predicted molar refractivity (Wildman–Crippen MR) is 59.2 cm³/mol. The van der Waals surface area contributed by atoms with E-state index < -0.39 is 15.5 Å². The monoisotopic (exact) mass is 241 g/mol. The van der Waals surface area contributed by atoms with Crippen LogP contribution in [0.5, 0.6) is 5.75 Å². The molecule has 0 saturated carbocycles. The molecule has 0 heterocycles. The van der Waals surface area contributed by atoms with Gasteiger partial charge in [-0.15, -0.1) is 0 Å². The molecule has 92 valence electrons. The number of likely N-dealkylation sites (N-methyl/N-ethyl adjacent to an activating group) is 1. The standard InChI is InChI=1S/C9H11N3O5/c1-10-4-5-17-9-3-2-7(11(13)14)6-8(9)12(15)16/h2-3,6,10H,4-5H2,1H3. The van der Waals surface area contributed by atoms with Crippen molar-refractivity contribution in [2.45, 2.75) is 0 Å². The second-order valence-corrected chi connectivity index (χ2v) is 3.12. The topological polar surface area (TPSA) is 108 Å². The van der Waals surface area contributed by atoms with Crippen molar-refractivity contribution < 1.29 is 14.6 Å². The average molecular weight is 241 g/mol. The van der Waals surface area contributed by atoms with Crippen LogP contribution in [0, 0.1) is 20.2 Å². The Morgan fingerprint density at radius 3 is 2.53 bits per heavy atom. The van der Waals surface area contributed by atoms with Crippen LogP contribution in [0.15, 0.2) is 18.2 Å². The fourth-order valence-electron chi connectivity index (χ4n) is 1.15. The lowest BCUT2D eigenvalue weighted by atomic mass is 10.2. The van der Waals surface area contributed by atoms with Crippen LogP contribution in [0.4, 0.5) is 11.4 Å². The summed E-state index contributed by atoms with van der Waals surface area (Å²) in [5.41, 5.74) is -0.743. The van der Waals surface area contributed by atoms with Gasteiger partial charge in [0.1, 0.15) is 6.61 Å². The first-order valence-electron chi connectivity index (χ1n) is 4.76. The molecule has 17 heavy (non-hydrogen) atoms. The van der Waals surface area contributed by atoms with Crippen LogP contribution in [0.2, 0.25) is 0 Å². The molecule has 8 heteroatoms. The number of nitrogens with zero attached hydrogens (tertiary/aromatic N) is 2. The van der Waals surface area contributed by atoms with E-state index in [9.17, 15) is 20.2 Å². The van der Waals surface area contributed by atoms with Crippen LogP contribution in [0.1, 0.15) is 0 Å². The van der Waals surface area contributed by atoms with Crippen molar-refractivity contribution >= 4 is 11.4 Å². The molecule has 0 spiro atoms. The minimum Gasteiger partial charge on any atom is -0.485 e. The highest BCUT2D eigenvalue weighted by atomic mass is 16.6. The number of hydrogen-bond acceptors (Lipinski definition) is 6. The van der Waals surface area contributed by atoms with E-state index in [2.05, 4.69) is 5.32 Å². The molecule has 8 nitrogen and oxygen atoms in total. The molecule has 1 rings (SSSR count). The molecule has 0 aromatic heterocycles. The van der Waals surface area contributed by atoms with Gasteiger partial charge in [-0.1, -0.05) is 0 Å². The van der Waals surface area contributed by atoms with Crippen molar-refractivity contribution in [3.63, 3.8) is 0 Å². The quantitative estimate of drug-likeness (QED) is 0.454. The number of ether oxygens (including phenoxy) is 1. The SMILES string of the molecule is CNCCOc1ccc([N+](=O)[O-])cc1[N+](=O)[O-]. The zero-order valence-electron chi connectivity index (χ0n) is 9.08. The molecule has 0 fully saturated rings. The van der Waals surface area contributed by atoms with Crippen molar-refractivity contribution in [3.8, 4) is 5.75 Å². The lowest BCUT2D eigenvalue weighted by Gasteiger charge is -2.05. The molecule has 0 unspecified atom stereocenters. The van der Waals surface area contributed by atoms with Crippen molar-refractivity contribution in [2.24, 2.45) is 0 Å². The third-order valence-electron chi connectivity index (χ3n) is 1.96. The summed E-state index contributed by atoms with van der Waals surface area (Å²) in [6.45, 7) is 0.767. The van der Waals surface area contributed by atoms with Gasteiger partial charge in [0, 0.05) is 12.6 Å². The van der Waals surface area contributed by atoms with Gasteiger partial charge in [-0.3, -0.25) is 20.2 Å². The summed E-state index contributed by atoms with van der Waals surface area (Å²) in [6, 6.07) is 3.28. The number of non-ortho nitro benzene ring substituents is 1. The van der Waals surface area contributed by atoms with Gasteiger partial charge in [-0.25, -0.2) is 0 Å². The summed E-state index contributed by atoms with van der Waals surface area (Å²) in [5.74, 6) is 0.0239. The van der Waals surface area contributed by atoms with Crippen molar-refractivity contribution in [1.82, 2.24) is 5.32 Å². The van der Waals surface area contributed by atoms with Gasteiger partial charge in [0.05, 0.1) is 15.9 Å². The molecule has 0 aliphatic heterocycles. The van der Waals surface area contributed by atoms with Gasteiger partial charge >= 0.3 is 5.69 Å². The maximum absolute atomic E-state index is 10.7. The molecule has 0 saturated heterocycles. The van der Waals surface area contributed by atoms with Crippen LogP contribution in [0.3, 0.4) is 0 Å². The molecular formula is C9H11N3O5. The molecule has 1 aromatic carbocycles. The van der Waals surface area contributed by atoms with Crippen LogP contribution in [0.25, 0.3) is 0 Å². The number of nitro benzene ring substituents is 2. The van der Waals surface area contributed by atoms with E-state index in [0.29, 0.717) is 6.54 Å². The number of nitrogens with one attached hydrogen (secondary N) is 1. The molecule has 0 radical (unpaired) electrons. The summed E-state index contributed by atoms with van der Waals surface area (Å²) < 4.78 is 5.15. The van der Waals surface area contributed by atoms with E-state index in [1.807, 2.05) is 0 Å². The largest absolute Gasteiger partial charge is 0.485 e. The van der Waals surface area contributed by atoms with E-state index in [0.717, 1.165) is 6.07 Å². The van der Waals surface area contributed by atoms with E-state index in [1.54, 1.807) is 7.05 Å². The third kappa shape index (κ3) is 3.38. The molecule has 0 atom stereocenters. The molecule has 0 aliphatic carbocycles. The van der Waals surface area contributed by atoms with Crippen LogP contribution in [-0.4, -0.2) is 30.0 Å². The highest BCUT2D eigenvalue weighted by molar-refractivity contribution is 5.53. The minimum absolute atomic E-state index is 0.0239. The minimum atomic E-state index is -0.707. The fraction of sp³-hybridized carbons (Fsp3) is 0.333. The molecular weight excluding hydrogens is 230 g/mol. The second-order valence-electron chi connectivity index (χ2n) is 3.12. The zero-order valence-corrected chi connectivity index (χ0v) is 9.08. The first-order chi connectivity index (χ1) is 8.06. The second kappa shape index (κ2) is 5.75. The Hall–Kier alpha value is -2.22. The van der Waals surface area contributed by atoms with Crippen LogP contribution in [-0.2, 0) is 0 Å². The van der Waals surface area contributed by atoms with Crippen molar-refractivity contribution in [3.05, 3.63) is 38.4 Å². The number of benzene rings is 1. The number of rotatable bonds is 6. The lowest BCUT2D eigenvalue weighted by Crippen LogP contribution is -2.16. The molecule has 1 N–H and O–H groups in total. The van der Waals surface area contributed by atoms with Crippen molar-refractivity contribution in [1.29, 1.82) is 0 Å². The normalized spacial score (nSPS) is 9.94. The highest BCUT2D eigenvalue weighted by Gasteiger charge is 2.20. The van der Waals surface area contributed by atoms with E-state index >= 15 is 0 Å². The van der Waals surface area contributed by atoms with Gasteiger partial charge in [0.15, 0.2) is 5.75 Å². The first-order valence-corrected chi connectivity index (χ1v) is 4.76. The van der Waals surface area contributed by atoms with Crippen LogP contribution < -0.4 is 10.1 Å². The lowest BCUT2D eigenvalue weighted by molar-refractivity contribution is -0.394. The van der Waals surface area contributed by atoms with Gasteiger partial charge in [-0.2, -0.15) is 0 Å². The van der Waals surface area contributed by atoms with Gasteiger partial charge < -0.3 is 10.1 Å².